The summed E-state index contributed by atoms with van der Waals surface area (Å²) in [5, 5.41) is 5.95. The van der Waals surface area contributed by atoms with Crippen LogP contribution in [0.15, 0.2) is 21.6 Å². The molecule has 10 N–H and O–H groups in total. The minimum absolute atomic E-state index is 0.0399. The Morgan fingerprint density at radius 1 is 0.889 bits per heavy atom. The standard InChI is InChI=1S/C40H73N9O3S2/c1-28(2)9-5-6-10-29-12-14-33-32-13-11-30-27-31(15-17-40(30,4)34(32)16-18-39(29,33)3)52-38(51)48-22-26-54-53-25-21-47-37(50)49(23-7-19-45-35(41)42)24-8-20-46-36(43)44/h11,28-29,31-34H,5-10,12-27H2,1-4H3,(H,47,50)(H,48,51)(H4,41,42,45)(H4,43,44,46). The number of rotatable bonds is 21. The predicted molar refractivity (Wildman–Crippen MR) is 227 cm³/mol. The van der Waals surface area contributed by atoms with Crippen LogP contribution >= 0.6 is 21.6 Å². The lowest BCUT2D eigenvalue weighted by Crippen LogP contribution is -2.50. The number of carbonyl (C=O) groups is 2. The highest BCUT2D eigenvalue weighted by molar-refractivity contribution is 8.76. The molecular formula is C40H73N9O3S2. The molecule has 4 aliphatic carbocycles. The first-order chi connectivity index (χ1) is 25.8. The molecule has 14 heteroatoms. The summed E-state index contributed by atoms with van der Waals surface area (Å²) in [6, 6.07) is -0.141. The van der Waals surface area contributed by atoms with Gasteiger partial charge in [-0.25, -0.2) is 9.59 Å². The summed E-state index contributed by atoms with van der Waals surface area (Å²) in [6.07, 6.45) is 18.9. The highest BCUT2D eigenvalue weighted by Crippen LogP contribution is 2.66. The highest BCUT2D eigenvalue weighted by atomic mass is 33.1. The molecule has 7 atom stereocenters. The molecule has 3 fully saturated rings. The Hall–Kier alpha value is -2.48. The number of hydrogen-bond donors (Lipinski definition) is 6. The van der Waals surface area contributed by atoms with E-state index < -0.39 is 0 Å². The van der Waals surface area contributed by atoms with Gasteiger partial charge in [0.05, 0.1) is 0 Å². The van der Waals surface area contributed by atoms with Crippen molar-refractivity contribution in [1.82, 2.24) is 15.5 Å². The van der Waals surface area contributed by atoms with E-state index in [9.17, 15) is 9.59 Å². The van der Waals surface area contributed by atoms with Gasteiger partial charge in [-0.1, -0.05) is 80.2 Å². The molecule has 0 saturated heterocycles. The van der Waals surface area contributed by atoms with E-state index in [-0.39, 0.29) is 35.6 Å². The number of allylic oxidation sites excluding steroid dienone is 1. The molecule has 308 valence electrons. The van der Waals surface area contributed by atoms with Gasteiger partial charge in [-0.2, -0.15) is 0 Å². The van der Waals surface area contributed by atoms with Crippen LogP contribution in [0.25, 0.3) is 0 Å². The van der Waals surface area contributed by atoms with Gasteiger partial charge in [-0.05, 0) is 105 Å². The number of nitrogens with two attached hydrogens (primary N) is 4. The third kappa shape index (κ3) is 12.8. The van der Waals surface area contributed by atoms with E-state index in [2.05, 4.69) is 54.4 Å². The summed E-state index contributed by atoms with van der Waals surface area (Å²) >= 11 is 0. The van der Waals surface area contributed by atoms with E-state index in [0.29, 0.717) is 57.5 Å². The van der Waals surface area contributed by atoms with Crippen LogP contribution in [0.5, 0.6) is 0 Å². The summed E-state index contributed by atoms with van der Waals surface area (Å²) in [4.78, 5) is 35.3. The zero-order valence-electron chi connectivity index (χ0n) is 33.8. The summed E-state index contributed by atoms with van der Waals surface area (Å²) < 4.78 is 5.97. The average molecular weight is 792 g/mol. The zero-order valence-corrected chi connectivity index (χ0v) is 35.4. The molecule has 54 heavy (non-hydrogen) atoms. The topological polar surface area (TPSA) is 199 Å². The predicted octanol–water partition coefficient (Wildman–Crippen LogP) is 6.60. The minimum atomic E-state index is -0.311. The van der Waals surface area contributed by atoms with Crippen LogP contribution in [0, 0.1) is 40.4 Å². The number of alkyl carbamates (subject to hydrolysis) is 1. The number of fused-ring (bicyclic) bond motifs is 5. The number of nitrogens with one attached hydrogen (secondary N) is 2. The molecule has 0 aromatic rings. The summed E-state index contributed by atoms with van der Waals surface area (Å²) in [7, 11) is 3.34. The molecule has 0 spiro atoms. The molecule has 7 unspecified atom stereocenters. The first kappa shape index (κ1) is 44.2. The third-order valence-corrected chi connectivity index (χ3v) is 15.6. The van der Waals surface area contributed by atoms with Crippen LogP contribution in [0.4, 0.5) is 9.59 Å². The molecule has 0 heterocycles. The monoisotopic (exact) mass is 792 g/mol. The Kier molecular flexibility index (Phi) is 17.8. The lowest BCUT2D eigenvalue weighted by molar-refractivity contribution is -0.0519. The third-order valence-electron chi connectivity index (χ3n) is 13.2. The molecular weight excluding hydrogens is 719 g/mol. The maximum Gasteiger partial charge on any atom is 0.407 e. The molecule has 0 radical (unpaired) electrons. The molecule has 3 amide bonds. The number of aliphatic imine (C=N–C) groups is 2. The van der Waals surface area contributed by atoms with Crippen LogP contribution in [0.2, 0.25) is 0 Å². The van der Waals surface area contributed by atoms with E-state index in [1.165, 1.54) is 57.8 Å². The smallest absolute Gasteiger partial charge is 0.407 e. The molecule has 3 saturated carbocycles. The van der Waals surface area contributed by atoms with Crippen molar-refractivity contribution in [3.63, 3.8) is 0 Å². The van der Waals surface area contributed by atoms with E-state index in [0.717, 1.165) is 60.4 Å². The number of ether oxygens (including phenoxy) is 1. The molecule has 12 nitrogen and oxygen atoms in total. The van der Waals surface area contributed by atoms with Crippen LogP contribution in [-0.2, 0) is 4.74 Å². The average Bonchev–Trinajstić information content (AvgIpc) is 3.46. The van der Waals surface area contributed by atoms with Crippen molar-refractivity contribution < 1.29 is 14.3 Å². The summed E-state index contributed by atoms with van der Waals surface area (Å²) in [6.45, 7) is 12.9. The second kappa shape index (κ2) is 21.7. The van der Waals surface area contributed by atoms with E-state index in [1.54, 1.807) is 32.1 Å². The lowest BCUT2D eigenvalue weighted by atomic mass is 9.47. The van der Waals surface area contributed by atoms with Crippen LogP contribution in [0.3, 0.4) is 0 Å². The van der Waals surface area contributed by atoms with Gasteiger partial charge < -0.3 is 43.2 Å². The number of amides is 3. The number of urea groups is 1. The fourth-order valence-electron chi connectivity index (χ4n) is 10.3. The maximum absolute atomic E-state index is 12.8. The Bertz CT molecular complexity index is 1270. The van der Waals surface area contributed by atoms with Gasteiger partial charge in [-0.15, -0.1) is 0 Å². The molecule has 0 bridgehead atoms. The number of unbranched alkanes of at least 4 members (excludes halogenated alkanes) is 1. The van der Waals surface area contributed by atoms with Crippen molar-refractivity contribution in [3.8, 4) is 0 Å². The highest BCUT2D eigenvalue weighted by Gasteiger charge is 2.58. The minimum Gasteiger partial charge on any atom is -0.446 e. The van der Waals surface area contributed by atoms with Crippen LogP contribution < -0.4 is 33.6 Å². The van der Waals surface area contributed by atoms with Crippen molar-refractivity contribution >= 4 is 45.6 Å². The Morgan fingerprint density at radius 3 is 2.20 bits per heavy atom. The van der Waals surface area contributed by atoms with Gasteiger partial charge in [0.15, 0.2) is 11.9 Å². The van der Waals surface area contributed by atoms with Gasteiger partial charge in [0.25, 0.3) is 0 Å². The molecule has 0 aromatic heterocycles. The van der Waals surface area contributed by atoms with E-state index in [4.69, 9.17) is 27.7 Å². The Labute approximate surface area is 333 Å². The summed E-state index contributed by atoms with van der Waals surface area (Å²) in [5.74, 6) is 5.78. The second-order valence-corrected chi connectivity index (χ2v) is 19.8. The number of guanidine groups is 2. The van der Waals surface area contributed by atoms with E-state index >= 15 is 0 Å². The first-order valence-electron chi connectivity index (χ1n) is 20.9. The van der Waals surface area contributed by atoms with Gasteiger partial charge in [0.2, 0.25) is 0 Å². The van der Waals surface area contributed by atoms with Crippen LogP contribution in [-0.4, -0.2) is 85.8 Å². The van der Waals surface area contributed by atoms with Gasteiger partial charge in [-0.3, -0.25) is 9.98 Å². The van der Waals surface area contributed by atoms with Crippen molar-refractivity contribution in [2.75, 3.05) is 50.8 Å². The zero-order chi connectivity index (χ0) is 39.1. The number of nitrogens with zero attached hydrogens (tertiary/aromatic N) is 3. The fourth-order valence-corrected chi connectivity index (χ4v) is 12.1. The second-order valence-electron chi connectivity index (χ2n) is 17.1. The molecule has 0 aliphatic heterocycles. The summed E-state index contributed by atoms with van der Waals surface area (Å²) in [5.41, 5.74) is 24.0. The normalized spacial score (nSPS) is 28.5. The first-order valence-corrected chi connectivity index (χ1v) is 23.3. The van der Waals surface area contributed by atoms with Crippen molar-refractivity contribution in [1.29, 1.82) is 0 Å². The molecule has 4 aliphatic rings. The quantitative estimate of drug-likeness (QED) is 0.0244. The number of carbonyl (C=O) groups excluding carboxylic acids is 2. The van der Waals surface area contributed by atoms with Crippen LogP contribution in [0.1, 0.15) is 118 Å². The van der Waals surface area contributed by atoms with Crippen molar-refractivity contribution in [3.05, 3.63) is 11.6 Å². The maximum atomic E-state index is 12.8. The van der Waals surface area contributed by atoms with E-state index in [1.807, 2.05) is 0 Å². The van der Waals surface area contributed by atoms with Gasteiger partial charge >= 0.3 is 12.1 Å². The lowest BCUT2D eigenvalue weighted by Gasteiger charge is -2.58. The Balaban J connectivity index is 1.11. The largest absolute Gasteiger partial charge is 0.446 e. The molecule has 4 rings (SSSR count). The fraction of sp³-hybridized carbons (Fsp3) is 0.850. The number of hydrogen-bond acceptors (Lipinski definition) is 7. The van der Waals surface area contributed by atoms with Crippen molar-refractivity contribution in [2.24, 2.45) is 73.3 Å². The van der Waals surface area contributed by atoms with Crippen molar-refractivity contribution in [2.45, 2.75) is 124 Å². The van der Waals surface area contributed by atoms with Gasteiger partial charge in [0, 0.05) is 57.2 Å². The SMILES string of the molecule is CC(C)CCCCC1CCC2C3CC=C4CC(OC(=O)NCCSSCCNC(=O)N(CCCN=C(N)N)CCCN=C(N)N)CCC4(C)C3CCC12C. The van der Waals surface area contributed by atoms with Gasteiger partial charge in [0.1, 0.15) is 6.10 Å². The Morgan fingerprint density at radius 2 is 1.56 bits per heavy atom. The molecule has 0 aromatic carbocycles.